The highest BCUT2D eigenvalue weighted by molar-refractivity contribution is 6.31. The molecule has 0 aliphatic rings. The van der Waals surface area contributed by atoms with Crippen molar-refractivity contribution >= 4 is 11.6 Å². The molecule has 2 aromatic rings. The Morgan fingerprint density at radius 3 is 2.61 bits per heavy atom. The third kappa shape index (κ3) is 3.31. The molecular weight excluding hydrogens is 249 g/mol. The van der Waals surface area contributed by atoms with Gasteiger partial charge in [-0.05, 0) is 36.2 Å². The van der Waals surface area contributed by atoms with Gasteiger partial charge in [0.05, 0.1) is 0 Å². The zero-order valence-corrected chi connectivity index (χ0v) is 10.9. The lowest BCUT2D eigenvalue weighted by molar-refractivity contribution is 0.569. The maximum absolute atomic E-state index is 13.1. The van der Waals surface area contributed by atoms with Gasteiger partial charge in [0.15, 0.2) is 0 Å². The summed E-state index contributed by atoms with van der Waals surface area (Å²) in [5.74, 6) is -0.261. The van der Waals surface area contributed by atoms with Gasteiger partial charge in [0, 0.05) is 17.6 Å². The fourth-order valence-electron chi connectivity index (χ4n) is 1.80. The van der Waals surface area contributed by atoms with Gasteiger partial charge in [-0.1, -0.05) is 41.9 Å². The number of benzene rings is 2. The van der Waals surface area contributed by atoms with Crippen LogP contribution in [0.15, 0.2) is 48.5 Å². The van der Waals surface area contributed by atoms with Crippen LogP contribution in [0.3, 0.4) is 0 Å². The molecule has 18 heavy (non-hydrogen) atoms. The second-order valence-electron chi connectivity index (χ2n) is 4.25. The maximum Gasteiger partial charge on any atom is 0.123 e. The minimum atomic E-state index is -0.261. The highest BCUT2D eigenvalue weighted by atomic mass is 35.5. The first kappa shape index (κ1) is 13.1. The Kier molecular flexibility index (Phi) is 4.34. The molecule has 0 spiro atoms. The molecule has 0 aromatic heterocycles. The number of nitrogens with one attached hydrogen (secondary N) is 1. The molecule has 0 aliphatic carbocycles. The van der Waals surface area contributed by atoms with E-state index in [-0.39, 0.29) is 11.9 Å². The predicted molar refractivity (Wildman–Crippen MR) is 73.1 cm³/mol. The Morgan fingerprint density at radius 1 is 1.17 bits per heavy atom. The zero-order chi connectivity index (χ0) is 13.0. The van der Waals surface area contributed by atoms with E-state index >= 15 is 0 Å². The van der Waals surface area contributed by atoms with Crippen molar-refractivity contribution in [1.82, 2.24) is 5.32 Å². The zero-order valence-electron chi connectivity index (χ0n) is 10.2. The Bertz CT molecular complexity index is 513. The molecule has 1 N–H and O–H groups in total. The molecule has 3 heteroatoms. The van der Waals surface area contributed by atoms with Gasteiger partial charge in [-0.3, -0.25) is 0 Å². The van der Waals surface area contributed by atoms with Crippen molar-refractivity contribution in [2.24, 2.45) is 0 Å². The Hall–Kier alpha value is -1.38. The smallest absolute Gasteiger partial charge is 0.123 e. The molecule has 0 saturated heterocycles. The molecule has 94 valence electrons. The number of rotatable bonds is 4. The van der Waals surface area contributed by atoms with E-state index in [0.717, 1.165) is 5.56 Å². The monoisotopic (exact) mass is 263 g/mol. The average Bonchev–Trinajstić information content (AvgIpc) is 2.40. The third-order valence-corrected chi connectivity index (χ3v) is 3.27. The number of hydrogen-bond acceptors (Lipinski definition) is 1. The van der Waals surface area contributed by atoms with Crippen molar-refractivity contribution in [2.75, 3.05) is 0 Å². The molecule has 2 aromatic carbocycles. The average molecular weight is 264 g/mol. The molecular formula is C15H15ClFN. The van der Waals surface area contributed by atoms with Crippen LogP contribution in [0.5, 0.6) is 0 Å². The van der Waals surface area contributed by atoms with Crippen molar-refractivity contribution in [3.8, 4) is 0 Å². The first-order valence-electron chi connectivity index (χ1n) is 5.89. The van der Waals surface area contributed by atoms with Crippen LogP contribution in [0.25, 0.3) is 0 Å². The van der Waals surface area contributed by atoms with E-state index in [1.54, 1.807) is 6.07 Å². The standard InChI is InChI=1S/C15H15ClFN/c1-11(12-5-3-2-4-6-12)18-10-13-9-14(17)7-8-15(13)16/h2-9,11,18H,10H2,1H3/t11-/m0/s1. The van der Waals surface area contributed by atoms with Gasteiger partial charge in [-0.15, -0.1) is 0 Å². The predicted octanol–water partition coefficient (Wildman–Crippen LogP) is 4.33. The molecule has 0 unspecified atom stereocenters. The molecule has 0 bridgehead atoms. The lowest BCUT2D eigenvalue weighted by Gasteiger charge is -2.14. The topological polar surface area (TPSA) is 12.0 Å². The minimum Gasteiger partial charge on any atom is -0.306 e. The lowest BCUT2D eigenvalue weighted by atomic mass is 10.1. The van der Waals surface area contributed by atoms with Gasteiger partial charge in [0.2, 0.25) is 0 Å². The molecule has 0 aliphatic heterocycles. The Morgan fingerprint density at radius 2 is 1.89 bits per heavy atom. The first-order valence-corrected chi connectivity index (χ1v) is 6.27. The minimum absolute atomic E-state index is 0.200. The highest BCUT2D eigenvalue weighted by Gasteiger charge is 2.06. The number of hydrogen-bond donors (Lipinski definition) is 1. The van der Waals surface area contributed by atoms with E-state index in [1.807, 2.05) is 18.2 Å². The van der Waals surface area contributed by atoms with Crippen molar-refractivity contribution in [2.45, 2.75) is 19.5 Å². The molecule has 0 fully saturated rings. The van der Waals surface area contributed by atoms with E-state index in [1.165, 1.54) is 17.7 Å². The fraction of sp³-hybridized carbons (Fsp3) is 0.200. The van der Waals surface area contributed by atoms with Gasteiger partial charge in [0.25, 0.3) is 0 Å². The molecule has 0 amide bonds. The fourth-order valence-corrected chi connectivity index (χ4v) is 1.99. The SMILES string of the molecule is C[C@H](NCc1cc(F)ccc1Cl)c1ccccc1. The highest BCUT2D eigenvalue weighted by Crippen LogP contribution is 2.18. The van der Waals surface area contributed by atoms with Gasteiger partial charge < -0.3 is 5.32 Å². The van der Waals surface area contributed by atoms with E-state index < -0.39 is 0 Å². The summed E-state index contributed by atoms with van der Waals surface area (Å²) < 4.78 is 13.1. The Balaban J connectivity index is 2.01. The van der Waals surface area contributed by atoms with Crippen molar-refractivity contribution in [1.29, 1.82) is 0 Å². The van der Waals surface area contributed by atoms with Gasteiger partial charge in [-0.25, -0.2) is 4.39 Å². The summed E-state index contributed by atoms with van der Waals surface area (Å²) in [5.41, 5.74) is 1.98. The van der Waals surface area contributed by atoms with Gasteiger partial charge >= 0.3 is 0 Å². The van der Waals surface area contributed by atoms with Crippen LogP contribution in [0.2, 0.25) is 5.02 Å². The second kappa shape index (κ2) is 5.98. The van der Waals surface area contributed by atoms with Crippen LogP contribution in [0.4, 0.5) is 4.39 Å². The van der Waals surface area contributed by atoms with Crippen LogP contribution >= 0.6 is 11.6 Å². The molecule has 0 heterocycles. The first-order chi connectivity index (χ1) is 8.66. The van der Waals surface area contributed by atoms with Crippen LogP contribution < -0.4 is 5.32 Å². The second-order valence-corrected chi connectivity index (χ2v) is 4.66. The summed E-state index contributed by atoms with van der Waals surface area (Å²) in [6.45, 7) is 2.62. The van der Waals surface area contributed by atoms with E-state index in [4.69, 9.17) is 11.6 Å². The van der Waals surface area contributed by atoms with Crippen LogP contribution in [0.1, 0.15) is 24.1 Å². The summed E-state index contributed by atoms with van der Waals surface area (Å²) in [4.78, 5) is 0. The van der Waals surface area contributed by atoms with Crippen LogP contribution in [0, 0.1) is 5.82 Å². The van der Waals surface area contributed by atoms with Gasteiger partial charge in [-0.2, -0.15) is 0 Å². The lowest BCUT2D eigenvalue weighted by Crippen LogP contribution is -2.18. The van der Waals surface area contributed by atoms with Crippen LogP contribution in [-0.2, 0) is 6.54 Å². The molecule has 0 saturated carbocycles. The maximum atomic E-state index is 13.1. The summed E-state index contributed by atoms with van der Waals surface area (Å²) >= 11 is 6.02. The largest absolute Gasteiger partial charge is 0.306 e. The van der Waals surface area contributed by atoms with Crippen molar-refractivity contribution < 1.29 is 4.39 Å². The normalized spacial score (nSPS) is 12.4. The number of halogens is 2. The van der Waals surface area contributed by atoms with E-state index in [0.29, 0.717) is 11.6 Å². The van der Waals surface area contributed by atoms with Crippen LogP contribution in [-0.4, -0.2) is 0 Å². The van der Waals surface area contributed by atoms with E-state index in [2.05, 4.69) is 24.4 Å². The van der Waals surface area contributed by atoms with E-state index in [9.17, 15) is 4.39 Å². The molecule has 0 radical (unpaired) electrons. The Labute approximate surface area is 112 Å². The molecule has 1 atom stereocenters. The van der Waals surface area contributed by atoms with Gasteiger partial charge in [0.1, 0.15) is 5.82 Å². The molecule has 1 nitrogen and oxygen atoms in total. The summed E-state index contributed by atoms with van der Waals surface area (Å²) in [6.07, 6.45) is 0. The summed E-state index contributed by atoms with van der Waals surface area (Å²) in [6, 6.07) is 14.7. The quantitative estimate of drug-likeness (QED) is 0.866. The molecule has 2 rings (SSSR count). The van der Waals surface area contributed by atoms with Crippen molar-refractivity contribution in [3.63, 3.8) is 0 Å². The summed E-state index contributed by atoms with van der Waals surface area (Å²) in [7, 11) is 0. The summed E-state index contributed by atoms with van der Waals surface area (Å²) in [5, 5.41) is 3.92. The third-order valence-electron chi connectivity index (χ3n) is 2.91. The van der Waals surface area contributed by atoms with Crippen molar-refractivity contribution in [3.05, 3.63) is 70.5 Å².